The molecule has 6 heteroatoms. The summed E-state index contributed by atoms with van der Waals surface area (Å²) in [7, 11) is 3.97. The molecular weight excluding hydrogens is 302 g/mol. The van der Waals surface area contributed by atoms with Gasteiger partial charge in [-0.15, -0.1) is 0 Å². The van der Waals surface area contributed by atoms with E-state index in [2.05, 4.69) is 34.4 Å². The molecule has 2 rings (SSSR count). The number of ether oxygens (including phenoxy) is 1. The molecule has 0 spiro atoms. The number of guanidine groups is 1. The van der Waals surface area contributed by atoms with Gasteiger partial charge in [-0.25, -0.2) is 4.99 Å². The number of hydrogen-bond donors (Lipinski definition) is 1. The molecule has 0 fully saturated rings. The molecule has 0 unspecified atom stereocenters. The second kappa shape index (κ2) is 8.96. The summed E-state index contributed by atoms with van der Waals surface area (Å²) in [5, 5.41) is 7.52. The summed E-state index contributed by atoms with van der Waals surface area (Å²) in [6.07, 6.45) is 1.79. The van der Waals surface area contributed by atoms with Crippen molar-refractivity contribution in [2.75, 3.05) is 20.2 Å². The molecule has 1 aromatic heterocycles. The summed E-state index contributed by atoms with van der Waals surface area (Å²) < 4.78 is 7.33. The molecule has 0 aliphatic carbocycles. The average molecular weight is 329 g/mol. The van der Waals surface area contributed by atoms with Crippen LogP contribution in [-0.2, 0) is 20.1 Å². The normalized spacial score (nSPS) is 11.4. The fourth-order valence-electron chi connectivity index (χ4n) is 2.39. The highest BCUT2D eigenvalue weighted by atomic mass is 16.5. The summed E-state index contributed by atoms with van der Waals surface area (Å²) in [5.74, 6) is 1.79. The highest BCUT2D eigenvalue weighted by Gasteiger charge is 2.07. The lowest BCUT2D eigenvalue weighted by Gasteiger charge is -2.22. The third-order valence-electron chi connectivity index (χ3n) is 3.66. The van der Waals surface area contributed by atoms with Crippen LogP contribution in [0.2, 0.25) is 0 Å². The number of aryl methyl sites for hydroxylation is 1. The molecule has 0 saturated carbocycles. The van der Waals surface area contributed by atoms with Crippen molar-refractivity contribution in [2.24, 2.45) is 12.0 Å². The third kappa shape index (κ3) is 5.01. The maximum Gasteiger partial charge on any atom is 0.194 e. The van der Waals surface area contributed by atoms with E-state index in [1.807, 2.05) is 43.9 Å². The molecule has 2 aromatic rings. The van der Waals surface area contributed by atoms with Crippen LogP contribution >= 0.6 is 0 Å². The van der Waals surface area contributed by atoms with Crippen LogP contribution in [0.5, 0.6) is 5.75 Å². The van der Waals surface area contributed by atoms with Gasteiger partial charge < -0.3 is 15.0 Å². The first-order valence-corrected chi connectivity index (χ1v) is 8.32. The van der Waals surface area contributed by atoms with Crippen LogP contribution in [0, 0.1) is 0 Å². The van der Waals surface area contributed by atoms with Crippen LogP contribution in [0.1, 0.15) is 25.1 Å². The third-order valence-corrected chi connectivity index (χ3v) is 3.66. The summed E-state index contributed by atoms with van der Waals surface area (Å²) in [6.45, 7) is 6.96. The molecule has 0 amide bonds. The van der Waals surface area contributed by atoms with E-state index < -0.39 is 0 Å². The Kier molecular flexibility index (Phi) is 6.66. The van der Waals surface area contributed by atoms with Gasteiger partial charge in [-0.2, -0.15) is 5.10 Å². The Morgan fingerprint density at radius 1 is 1.25 bits per heavy atom. The minimum atomic E-state index is 0.604. The Hall–Kier alpha value is -2.50. The molecule has 0 aliphatic heterocycles. The van der Waals surface area contributed by atoms with Crippen molar-refractivity contribution < 1.29 is 4.74 Å². The van der Waals surface area contributed by atoms with Crippen molar-refractivity contribution in [1.82, 2.24) is 20.0 Å². The second-order valence-electron chi connectivity index (χ2n) is 5.55. The Bertz CT molecular complexity index is 648. The standard InChI is InChI=1S/C18H27N5O/c1-5-19-18(20-13-16-11-12-21-23(16)4)22(3)14-15-7-9-17(10-8-15)24-6-2/h7-12H,5-6,13-14H2,1-4H3,(H,19,20). The number of benzene rings is 1. The van der Waals surface area contributed by atoms with Gasteiger partial charge >= 0.3 is 0 Å². The van der Waals surface area contributed by atoms with Crippen molar-refractivity contribution in [3.63, 3.8) is 0 Å². The second-order valence-corrected chi connectivity index (χ2v) is 5.55. The monoisotopic (exact) mass is 329 g/mol. The van der Waals surface area contributed by atoms with Gasteiger partial charge in [-0.1, -0.05) is 12.1 Å². The van der Waals surface area contributed by atoms with Gasteiger partial charge in [0.2, 0.25) is 0 Å². The van der Waals surface area contributed by atoms with Gasteiger partial charge in [0.15, 0.2) is 5.96 Å². The molecule has 1 aromatic carbocycles. The van der Waals surface area contributed by atoms with Crippen LogP contribution in [0.3, 0.4) is 0 Å². The van der Waals surface area contributed by atoms with Crippen molar-refractivity contribution in [3.8, 4) is 5.75 Å². The molecule has 6 nitrogen and oxygen atoms in total. The van der Waals surface area contributed by atoms with Crippen LogP contribution < -0.4 is 10.1 Å². The van der Waals surface area contributed by atoms with Crippen LogP contribution in [-0.4, -0.2) is 40.8 Å². The van der Waals surface area contributed by atoms with Gasteiger partial charge in [0.1, 0.15) is 5.75 Å². The van der Waals surface area contributed by atoms with Gasteiger partial charge in [0, 0.05) is 33.4 Å². The fourth-order valence-corrected chi connectivity index (χ4v) is 2.39. The molecule has 130 valence electrons. The number of nitrogens with one attached hydrogen (secondary N) is 1. The van der Waals surface area contributed by atoms with E-state index in [-0.39, 0.29) is 0 Å². The predicted octanol–water partition coefficient (Wildman–Crippen LogP) is 2.42. The zero-order chi connectivity index (χ0) is 17.4. The van der Waals surface area contributed by atoms with Gasteiger partial charge in [-0.05, 0) is 37.6 Å². The number of hydrogen-bond acceptors (Lipinski definition) is 3. The highest BCUT2D eigenvalue weighted by Crippen LogP contribution is 2.13. The van der Waals surface area contributed by atoms with E-state index in [0.717, 1.165) is 30.5 Å². The minimum absolute atomic E-state index is 0.604. The van der Waals surface area contributed by atoms with E-state index in [9.17, 15) is 0 Å². The number of rotatable bonds is 7. The van der Waals surface area contributed by atoms with Crippen molar-refractivity contribution in [2.45, 2.75) is 26.9 Å². The molecule has 24 heavy (non-hydrogen) atoms. The minimum Gasteiger partial charge on any atom is -0.494 e. The maximum atomic E-state index is 5.49. The van der Waals surface area contributed by atoms with Crippen molar-refractivity contribution in [1.29, 1.82) is 0 Å². The smallest absolute Gasteiger partial charge is 0.194 e. The van der Waals surface area contributed by atoms with Crippen LogP contribution in [0.15, 0.2) is 41.5 Å². The molecule has 1 N–H and O–H groups in total. The predicted molar refractivity (Wildman–Crippen MR) is 97.1 cm³/mol. The molecule has 1 heterocycles. The fraction of sp³-hybridized carbons (Fsp3) is 0.444. The van der Waals surface area contributed by atoms with E-state index in [4.69, 9.17) is 9.73 Å². The lowest BCUT2D eigenvalue weighted by atomic mass is 10.2. The first kappa shape index (κ1) is 17.8. The zero-order valence-corrected chi connectivity index (χ0v) is 15.0. The summed E-state index contributed by atoms with van der Waals surface area (Å²) in [5.41, 5.74) is 2.30. The van der Waals surface area contributed by atoms with Gasteiger partial charge in [0.05, 0.1) is 18.8 Å². The Morgan fingerprint density at radius 2 is 2.00 bits per heavy atom. The van der Waals surface area contributed by atoms with Gasteiger partial charge in [0.25, 0.3) is 0 Å². The molecule has 0 radical (unpaired) electrons. The first-order valence-electron chi connectivity index (χ1n) is 8.32. The van der Waals surface area contributed by atoms with E-state index in [1.54, 1.807) is 6.20 Å². The lowest BCUT2D eigenvalue weighted by molar-refractivity contribution is 0.340. The van der Waals surface area contributed by atoms with Crippen molar-refractivity contribution >= 4 is 5.96 Å². The largest absolute Gasteiger partial charge is 0.494 e. The maximum absolute atomic E-state index is 5.49. The molecule has 0 aliphatic rings. The summed E-state index contributed by atoms with van der Waals surface area (Å²) >= 11 is 0. The first-order chi connectivity index (χ1) is 11.6. The number of nitrogens with zero attached hydrogens (tertiary/aromatic N) is 4. The van der Waals surface area contributed by atoms with Crippen LogP contribution in [0.25, 0.3) is 0 Å². The van der Waals surface area contributed by atoms with E-state index >= 15 is 0 Å². The SMILES string of the molecule is CCNC(=NCc1ccnn1C)N(C)Cc1ccc(OCC)cc1. The molecular formula is C18H27N5O. The number of aliphatic imine (C=N–C) groups is 1. The summed E-state index contributed by atoms with van der Waals surface area (Å²) in [4.78, 5) is 6.83. The van der Waals surface area contributed by atoms with E-state index in [1.165, 1.54) is 5.56 Å². The van der Waals surface area contributed by atoms with Crippen LogP contribution in [0.4, 0.5) is 0 Å². The highest BCUT2D eigenvalue weighted by molar-refractivity contribution is 5.79. The Balaban J connectivity index is 2.02. The topological polar surface area (TPSA) is 54.7 Å². The molecule has 0 saturated heterocycles. The zero-order valence-electron chi connectivity index (χ0n) is 15.0. The quantitative estimate of drug-likeness (QED) is 0.626. The van der Waals surface area contributed by atoms with Crippen molar-refractivity contribution in [3.05, 3.63) is 47.8 Å². The molecule has 0 bridgehead atoms. The molecule has 0 atom stereocenters. The van der Waals surface area contributed by atoms with Gasteiger partial charge in [-0.3, -0.25) is 4.68 Å². The summed E-state index contributed by atoms with van der Waals surface area (Å²) in [6, 6.07) is 10.2. The average Bonchev–Trinajstić information content (AvgIpc) is 2.98. The lowest BCUT2D eigenvalue weighted by Crippen LogP contribution is -2.38. The van der Waals surface area contributed by atoms with E-state index in [0.29, 0.717) is 13.2 Å². The number of aromatic nitrogens is 2. The Morgan fingerprint density at radius 3 is 2.58 bits per heavy atom. The Labute approximate surface area is 144 Å².